The summed E-state index contributed by atoms with van der Waals surface area (Å²) < 4.78 is 39.2. The Hall–Kier alpha value is -0.430. The van der Waals surface area contributed by atoms with E-state index in [9.17, 15) is 17.8 Å². The maximum absolute atomic E-state index is 11.9. The summed E-state index contributed by atoms with van der Waals surface area (Å²) in [6, 6.07) is 0. The lowest BCUT2D eigenvalue weighted by Gasteiger charge is -2.24. The largest absolute Gasteiger partial charge is 0.472 e. The van der Waals surface area contributed by atoms with Crippen LogP contribution in [0.1, 0.15) is 96.3 Å². The van der Waals surface area contributed by atoms with E-state index in [1.54, 1.807) is 0 Å². The summed E-state index contributed by atoms with van der Waals surface area (Å²) in [4.78, 5) is 19.4. The molecule has 1 rings (SSSR count). The summed E-state index contributed by atoms with van der Waals surface area (Å²) in [6.07, 6.45) is 17.4. The summed E-state index contributed by atoms with van der Waals surface area (Å²) in [5, 5.41) is 8.44. The maximum Gasteiger partial charge on any atom is 0.435 e. The van der Waals surface area contributed by atoms with Crippen LogP contribution in [-0.4, -0.2) is 42.2 Å². The molecule has 0 radical (unpaired) electrons. The lowest BCUT2D eigenvalue weighted by atomic mass is 9.81. The quantitative estimate of drug-likeness (QED) is 0.188. The third-order valence-corrected chi connectivity index (χ3v) is 8.49. The van der Waals surface area contributed by atoms with Gasteiger partial charge in [0.25, 0.3) is 0 Å². The third-order valence-electron chi connectivity index (χ3n) is 5.65. The molecule has 0 aromatic carbocycles. The number of hydrogen-bond donors (Lipinski definition) is 2. The monoisotopic (exact) mass is 454 g/mol. The molecule has 0 saturated heterocycles. The fourth-order valence-electron chi connectivity index (χ4n) is 3.58. The van der Waals surface area contributed by atoms with E-state index in [-0.39, 0.29) is 24.5 Å². The smallest absolute Gasteiger partial charge is 0.435 e. The van der Waals surface area contributed by atoms with Crippen LogP contribution in [-0.2, 0) is 18.9 Å². The summed E-state index contributed by atoms with van der Waals surface area (Å²) in [7, 11) is -7.91. The standard InChI is InChI=1S/C20H39O7PS/c21-20(22)28(23,24)27-16-12-18-29(25,26)17-10-8-6-4-2-1-3-5-7-9-13-19-14-11-15-19/h19H,1-18H2,(H,21,22)(H,23,24). The van der Waals surface area contributed by atoms with Crippen LogP contribution in [0.4, 0.5) is 4.79 Å². The first-order valence-electron chi connectivity index (χ1n) is 11.1. The highest BCUT2D eigenvalue weighted by Crippen LogP contribution is 2.42. The van der Waals surface area contributed by atoms with Gasteiger partial charge in [-0.05, 0) is 18.8 Å². The highest BCUT2D eigenvalue weighted by molar-refractivity contribution is 7.91. The molecule has 0 amide bonds. The molecule has 9 heteroatoms. The summed E-state index contributed by atoms with van der Waals surface area (Å²) in [5.41, 5.74) is -1.93. The molecule has 0 aromatic rings. The predicted octanol–water partition coefficient (Wildman–Crippen LogP) is 5.76. The summed E-state index contributed by atoms with van der Waals surface area (Å²) in [5.74, 6) is 0.972. The van der Waals surface area contributed by atoms with E-state index < -0.39 is 23.1 Å². The Bertz CT molecular complexity index is 602. The minimum Gasteiger partial charge on any atom is -0.472 e. The van der Waals surface area contributed by atoms with E-state index >= 15 is 0 Å². The van der Waals surface area contributed by atoms with Crippen molar-refractivity contribution in [2.45, 2.75) is 96.3 Å². The second-order valence-electron chi connectivity index (χ2n) is 8.26. The van der Waals surface area contributed by atoms with Gasteiger partial charge in [-0.1, -0.05) is 83.5 Å². The van der Waals surface area contributed by atoms with Gasteiger partial charge in [-0.3, -0.25) is 0 Å². The summed E-state index contributed by atoms with van der Waals surface area (Å²) >= 11 is 0. The Balaban J connectivity index is 1.87. The van der Waals surface area contributed by atoms with Crippen molar-refractivity contribution in [3.63, 3.8) is 0 Å². The summed E-state index contributed by atoms with van der Waals surface area (Å²) in [6.45, 7) is -0.361. The van der Waals surface area contributed by atoms with Crippen LogP contribution in [0.15, 0.2) is 0 Å². The van der Waals surface area contributed by atoms with Gasteiger partial charge >= 0.3 is 13.3 Å². The van der Waals surface area contributed by atoms with Gasteiger partial charge in [0.1, 0.15) is 9.84 Å². The average Bonchev–Trinajstić information content (AvgIpc) is 2.61. The van der Waals surface area contributed by atoms with E-state index in [0.717, 1.165) is 25.2 Å². The second kappa shape index (κ2) is 14.6. The van der Waals surface area contributed by atoms with Gasteiger partial charge in [0.15, 0.2) is 0 Å². The molecule has 0 bridgehead atoms. The maximum atomic E-state index is 11.9. The zero-order chi connectivity index (χ0) is 21.6. The molecule has 0 heterocycles. The van der Waals surface area contributed by atoms with E-state index in [0.29, 0.717) is 6.42 Å². The third kappa shape index (κ3) is 13.5. The predicted molar refractivity (Wildman–Crippen MR) is 115 cm³/mol. The molecule has 29 heavy (non-hydrogen) atoms. The van der Waals surface area contributed by atoms with Gasteiger partial charge in [0, 0.05) is 0 Å². The highest BCUT2D eigenvalue weighted by Gasteiger charge is 2.29. The molecule has 1 atom stereocenters. The molecule has 1 unspecified atom stereocenters. The van der Waals surface area contributed by atoms with Crippen LogP contribution in [0.5, 0.6) is 0 Å². The Kier molecular flexibility index (Phi) is 13.4. The van der Waals surface area contributed by atoms with Gasteiger partial charge in [0.05, 0.1) is 18.1 Å². The SMILES string of the molecule is O=C(O)P(=O)(O)OCCCS(=O)(=O)CCCCCCCCCCCCC1CCC1. The molecule has 0 aromatic heterocycles. The van der Waals surface area contributed by atoms with Gasteiger partial charge < -0.3 is 14.5 Å². The normalized spacial score (nSPS) is 17.0. The number of sulfone groups is 1. The number of hydrogen-bond acceptors (Lipinski definition) is 5. The first-order valence-corrected chi connectivity index (χ1v) is 14.5. The second-order valence-corrected chi connectivity index (χ2v) is 12.2. The Morgan fingerprint density at radius 2 is 1.34 bits per heavy atom. The van der Waals surface area contributed by atoms with Crippen molar-refractivity contribution in [3.8, 4) is 0 Å². The molecule has 2 N–H and O–H groups in total. The van der Waals surface area contributed by atoms with E-state index in [2.05, 4.69) is 4.52 Å². The van der Waals surface area contributed by atoms with E-state index in [4.69, 9.17) is 10.00 Å². The Morgan fingerprint density at radius 1 is 0.862 bits per heavy atom. The molecule has 172 valence electrons. The van der Waals surface area contributed by atoms with Gasteiger partial charge in [-0.2, -0.15) is 0 Å². The van der Waals surface area contributed by atoms with Crippen molar-refractivity contribution >= 4 is 23.1 Å². The molecule has 1 aliphatic rings. The first-order chi connectivity index (χ1) is 13.7. The van der Waals surface area contributed by atoms with Crippen molar-refractivity contribution in [1.82, 2.24) is 0 Å². The fourth-order valence-corrected chi connectivity index (χ4v) is 5.47. The zero-order valence-corrected chi connectivity index (χ0v) is 19.3. The fraction of sp³-hybridized carbons (Fsp3) is 0.950. The first kappa shape index (κ1) is 26.6. The zero-order valence-electron chi connectivity index (χ0n) is 17.6. The van der Waals surface area contributed by atoms with Crippen LogP contribution in [0.2, 0.25) is 0 Å². The van der Waals surface area contributed by atoms with E-state index in [1.807, 2.05) is 0 Å². The van der Waals surface area contributed by atoms with Crippen LogP contribution in [0.25, 0.3) is 0 Å². The highest BCUT2D eigenvalue weighted by atomic mass is 32.2. The molecule has 7 nitrogen and oxygen atoms in total. The van der Waals surface area contributed by atoms with Gasteiger partial charge in [-0.15, -0.1) is 0 Å². The van der Waals surface area contributed by atoms with Crippen molar-refractivity contribution in [1.29, 1.82) is 0 Å². The number of unbranched alkanes of at least 4 members (excludes halogenated alkanes) is 9. The lowest BCUT2D eigenvalue weighted by Crippen LogP contribution is -2.13. The number of rotatable bonds is 19. The van der Waals surface area contributed by atoms with Crippen molar-refractivity contribution in [2.75, 3.05) is 18.1 Å². The van der Waals surface area contributed by atoms with Gasteiger partial charge in [0.2, 0.25) is 0 Å². The van der Waals surface area contributed by atoms with Crippen LogP contribution >= 0.6 is 7.60 Å². The minimum absolute atomic E-state index is 0.0147. The van der Waals surface area contributed by atoms with Crippen molar-refractivity contribution in [2.24, 2.45) is 5.92 Å². The van der Waals surface area contributed by atoms with Crippen LogP contribution in [0.3, 0.4) is 0 Å². The minimum atomic E-state index is -4.68. The molecule has 0 aliphatic heterocycles. The Morgan fingerprint density at radius 3 is 1.83 bits per heavy atom. The molecule has 1 fully saturated rings. The van der Waals surface area contributed by atoms with E-state index in [1.165, 1.54) is 64.2 Å². The lowest BCUT2D eigenvalue weighted by molar-refractivity contribution is 0.196. The molecule has 1 aliphatic carbocycles. The van der Waals surface area contributed by atoms with Crippen molar-refractivity contribution in [3.05, 3.63) is 0 Å². The molecule has 0 spiro atoms. The molecular formula is C20H39O7PS. The van der Waals surface area contributed by atoms with Crippen molar-refractivity contribution < 1.29 is 32.3 Å². The number of carbonyl (C=O) groups is 1. The van der Waals surface area contributed by atoms with Crippen LogP contribution < -0.4 is 0 Å². The van der Waals surface area contributed by atoms with Gasteiger partial charge in [-0.25, -0.2) is 17.8 Å². The molecular weight excluding hydrogens is 415 g/mol. The topological polar surface area (TPSA) is 118 Å². The molecule has 1 saturated carbocycles. The number of carboxylic acid groups (broad SMARTS) is 1. The average molecular weight is 455 g/mol. The van der Waals surface area contributed by atoms with Crippen LogP contribution in [0, 0.1) is 5.92 Å². The Labute approximate surface area is 176 Å².